The fourth-order valence-electron chi connectivity index (χ4n) is 3.49. The van der Waals surface area contributed by atoms with Crippen molar-refractivity contribution in [2.75, 3.05) is 31.2 Å². The zero-order valence-electron chi connectivity index (χ0n) is 19.6. The van der Waals surface area contributed by atoms with E-state index in [1.54, 1.807) is 29.2 Å². The lowest BCUT2D eigenvalue weighted by atomic mass is 10.1. The minimum absolute atomic E-state index is 0.332. The van der Waals surface area contributed by atoms with Crippen LogP contribution < -0.4 is 15.0 Å². The monoisotopic (exact) mass is 462 g/mol. The predicted molar refractivity (Wildman–Crippen MR) is 132 cm³/mol. The number of amides is 2. The third-order valence-electron chi connectivity index (χ3n) is 5.31. The number of hydrogen-bond donors (Lipinski definition) is 1. The molecule has 0 aliphatic rings. The number of carbonyl (C=O) groups is 3. The summed E-state index contributed by atoms with van der Waals surface area (Å²) in [5.41, 5.74) is 1.16. The predicted octanol–water partition coefficient (Wildman–Crippen LogP) is 4.34. The maximum absolute atomic E-state index is 12.8. The van der Waals surface area contributed by atoms with Crippen LogP contribution in [0, 0.1) is 0 Å². The topological polar surface area (TPSA) is 84.9 Å². The highest BCUT2D eigenvalue weighted by Gasteiger charge is 2.18. The Balaban J connectivity index is 1.49. The van der Waals surface area contributed by atoms with Gasteiger partial charge in [0.05, 0.1) is 12.3 Å². The fourth-order valence-corrected chi connectivity index (χ4v) is 3.49. The molecule has 2 amide bonds. The van der Waals surface area contributed by atoms with Gasteiger partial charge in [-0.25, -0.2) is 0 Å². The van der Waals surface area contributed by atoms with Gasteiger partial charge in [0.1, 0.15) is 12.3 Å². The van der Waals surface area contributed by atoms with Crippen LogP contribution in [0.2, 0.25) is 0 Å². The standard InChI is InChI=1S/C27H30N2O5/c1-3-5-17-33-22-15-13-21(14-16-22)27(32)28-18-26(31)34-19-25(30)29(4-2)24-12-8-10-20-9-6-7-11-23(20)24/h6-16H,3-5,17-19H2,1-2H3,(H,28,32). The Labute approximate surface area is 199 Å². The van der Waals surface area contributed by atoms with Crippen molar-refractivity contribution in [3.63, 3.8) is 0 Å². The van der Waals surface area contributed by atoms with E-state index in [4.69, 9.17) is 9.47 Å². The molecule has 7 nitrogen and oxygen atoms in total. The molecule has 7 heteroatoms. The normalized spacial score (nSPS) is 10.5. The Hall–Kier alpha value is -3.87. The molecule has 0 saturated carbocycles. The molecule has 0 unspecified atom stereocenters. The zero-order chi connectivity index (χ0) is 24.3. The van der Waals surface area contributed by atoms with Crippen LogP contribution >= 0.6 is 0 Å². The second-order valence-corrected chi connectivity index (χ2v) is 7.71. The number of nitrogens with one attached hydrogen (secondary N) is 1. The molecular formula is C27H30N2O5. The Morgan fingerprint density at radius 1 is 0.912 bits per heavy atom. The van der Waals surface area contributed by atoms with E-state index in [9.17, 15) is 14.4 Å². The molecule has 0 heterocycles. The summed E-state index contributed by atoms with van der Waals surface area (Å²) in [5.74, 6) is -0.740. The van der Waals surface area contributed by atoms with Gasteiger partial charge in [-0.15, -0.1) is 0 Å². The summed E-state index contributed by atoms with van der Waals surface area (Å²) in [6.07, 6.45) is 2.01. The molecule has 0 fully saturated rings. The number of rotatable bonds is 11. The molecular weight excluding hydrogens is 432 g/mol. The number of unbranched alkanes of at least 4 members (excludes halogenated alkanes) is 1. The van der Waals surface area contributed by atoms with Crippen LogP contribution in [0.1, 0.15) is 37.0 Å². The number of hydrogen-bond acceptors (Lipinski definition) is 5. The maximum Gasteiger partial charge on any atom is 0.325 e. The largest absolute Gasteiger partial charge is 0.494 e. The van der Waals surface area contributed by atoms with Gasteiger partial charge >= 0.3 is 5.97 Å². The third-order valence-corrected chi connectivity index (χ3v) is 5.31. The van der Waals surface area contributed by atoms with Crippen LogP contribution in [-0.4, -0.2) is 44.1 Å². The average molecular weight is 463 g/mol. The van der Waals surface area contributed by atoms with Crippen molar-refractivity contribution in [1.29, 1.82) is 0 Å². The van der Waals surface area contributed by atoms with Gasteiger partial charge in [-0.05, 0) is 49.1 Å². The number of carbonyl (C=O) groups excluding carboxylic acids is 3. The quantitative estimate of drug-likeness (QED) is 0.338. The van der Waals surface area contributed by atoms with E-state index in [0.29, 0.717) is 24.5 Å². The molecule has 1 N–H and O–H groups in total. The lowest BCUT2D eigenvalue weighted by Gasteiger charge is -2.22. The van der Waals surface area contributed by atoms with E-state index in [0.717, 1.165) is 29.3 Å². The minimum atomic E-state index is -0.685. The van der Waals surface area contributed by atoms with E-state index >= 15 is 0 Å². The number of esters is 1. The van der Waals surface area contributed by atoms with E-state index in [1.807, 2.05) is 49.4 Å². The van der Waals surface area contributed by atoms with Gasteiger partial charge in [-0.1, -0.05) is 49.7 Å². The van der Waals surface area contributed by atoms with Crippen molar-refractivity contribution in [1.82, 2.24) is 5.32 Å². The van der Waals surface area contributed by atoms with Crippen LogP contribution in [-0.2, 0) is 14.3 Å². The van der Waals surface area contributed by atoms with E-state index < -0.39 is 18.5 Å². The Morgan fingerprint density at radius 3 is 2.38 bits per heavy atom. The average Bonchev–Trinajstić information content (AvgIpc) is 2.87. The Bertz CT molecular complexity index is 1120. The number of benzene rings is 3. The molecule has 0 radical (unpaired) electrons. The van der Waals surface area contributed by atoms with Crippen LogP contribution in [0.5, 0.6) is 5.75 Å². The number of nitrogens with zero attached hydrogens (tertiary/aromatic N) is 1. The summed E-state index contributed by atoms with van der Waals surface area (Å²) in [4.78, 5) is 38.7. The molecule has 0 saturated heterocycles. The summed E-state index contributed by atoms with van der Waals surface area (Å²) in [7, 11) is 0. The Kier molecular flexibility index (Phi) is 9.03. The highest BCUT2D eigenvalue weighted by molar-refractivity contribution is 6.04. The van der Waals surface area contributed by atoms with Crippen molar-refractivity contribution in [2.24, 2.45) is 0 Å². The Morgan fingerprint density at radius 2 is 1.65 bits per heavy atom. The van der Waals surface area contributed by atoms with Gasteiger partial charge in [0.15, 0.2) is 6.61 Å². The first kappa shape index (κ1) is 24.8. The van der Waals surface area contributed by atoms with Crippen molar-refractivity contribution in [3.05, 3.63) is 72.3 Å². The highest BCUT2D eigenvalue weighted by Crippen LogP contribution is 2.26. The van der Waals surface area contributed by atoms with Crippen LogP contribution in [0.25, 0.3) is 10.8 Å². The molecule has 0 aliphatic carbocycles. The molecule has 178 valence electrons. The van der Waals surface area contributed by atoms with Gasteiger partial charge in [0.25, 0.3) is 11.8 Å². The summed E-state index contributed by atoms with van der Waals surface area (Å²) in [5, 5.41) is 4.48. The first-order valence-corrected chi connectivity index (χ1v) is 11.5. The van der Waals surface area contributed by atoms with Crippen molar-refractivity contribution in [2.45, 2.75) is 26.7 Å². The lowest BCUT2D eigenvalue weighted by Crippen LogP contribution is -2.36. The van der Waals surface area contributed by atoms with Gasteiger partial charge in [0, 0.05) is 17.5 Å². The van der Waals surface area contributed by atoms with E-state index in [1.165, 1.54) is 0 Å². The van der Waals surface area contributed by atoms with Gasteiger partial charge in [-0.3, -0.25) is 14.4 Å². The first-order valence-electron chi connectivity index (χ1n) is 11.5. The highest BCUT2D eigenvalue weighted by atomic mass is 16.5. The fraction of sp³-hybridized carbons (Fsp3) is 0.296. The molecule has 0 atom stereocenters. The molecule has 0 spiro atoms. The van der Waals surface area contributed by atoms with Gasteiger partial charge in [-0.2, -0.15) is 0 Å². The summed E-state index contributed by atoms with van der Waals surface area (Å²) < 4.78 is 10.7. The zero-order valence-corrected chi connectivity index (χ0v) is 19.6. The summed E-state index contributed by atoms with van der Waals surface area (Å²) in [6.45, 7) is 4.27. The molecule has 0 aromatic heterocycles. The number of ether oxygens (including phenoxy) is 2. The van der Waals surface area contributed by atoms with Crippen LogP contribution in [0.3, 0.4) is 0 Å². The minimum Gasteiger partial charge on any atom is -0.494 e. The molecule has 34 heavy (non-hydrogen) atoms. The summed E-state index contributed by atoms with van der Waals surface area (Å²) >= 11 is 0. The SMILES string of the molecule is CCCCOc1ccc(C(=O)NCC(=O)OCC(=O)N(CC)c2cccc3ccccc23)cc1. The summed E-state index contributed by atoms with van der Waals surface area (Å²) in [6, 6.07) is 20.2. The van der Waals surface area contributed by atoms with Gasteiger partial charge in [0.2, 0.25) is 0 Å². The molecule has 0 aliphatic heterocycles. The third kappa shape index (κ3) is 6.57. The van der Waals surface area contributed by atoms with Crippen molar-refractivity contribution in [3.8, 4) is 5.75 Å². The van der Waals surface area contributed by atoms with Crippen LogP contribution in [0.4, 0.5) is 5.69 Å². The molecule has 3 rings (SSSR count). The van der Waals surface area contributed by atoms with Crippen molar-refractivity contribution < 1.29 is 23.9 Å². The lowest BCUT2D eigenvalue weighted by molar-refractivity contribution is -0.146. The van der Waals surface area contributed by atoms with Crippen LogP contribution in [0.15, 0.2) is 66.7 Å². The molecule has 3 aromatic rings. The van der Waals surface area contributed by atoms with Crippen molar-refractivity contribution >= 4 is 34.2 Å². The number of likely N-dealkylation sites (N-methyl/N-ethyl adjacent to an activating group) is 1. The number of anilines is 1. The second-order valence-electron chi connectivity index (χ2n) is 7.71. The van der Waals surface area contributed by atoms with E-state index in [-0.39, 0.29) is 12.5 Å². The smallest absolute Gasteiger partial charge is 0.325 e. The second kappa shape index (κ2) is 12.4. The molecule has 0 bridgehead atoms. The first-order chi connectivity index (χ1) is 16.5. The maximum atomic E-state index is 12.8. The number of fused-ring (bicyclic) bond motifs is 1. The molecule has 3 aromatic carbocycles. The van der Waals surface area contributed by atoms with Gasteiger partial charge < -0.3 is 19.7 Å². The van der Waals surface area contributed by atoms with E-state index in [2.05, 4.69) is 12.2 Å².